The summed E-state index contributed by atoms with van der Waals surface area (Å²) in [6, 6.07) is 4.53. The molecule has 1 amide bonds. The van der Waals surface area contributed by atoms with E-state index in [1.165, 1.54) is 6.07 Å². The maximum atomic E-state index is 11.7. The molecule has 0 saturated heterocycles. The molecule has 5 heteroatoms. The maximum Gasteiger partial charge on any atom is 0.267 e. The lowest BCUT2D eigenvalue weighted by Crippen LogP contribution is -2.36. The molecule has 0 spiro atoms. The summed E-state index contributed by atoms with van der Waals surface area (Å²) in [5.41, 5.74) is 0.0289. The van der Waals surface area contributed by atoms with Crippen LogP contribution < -0.4 is 10.9 Å². The summed E-state index contributed by atoms with van der Waals surface area (Å²) < 4.78 is -0.00919. The standard InChI is InChI=1S/C11H16N2O2S/c1-11(2,16-3)7-12-10(15)8-5-4-6-9(14)13-8/h4-6H,7H2,1-3H3,(H,12,15)(H,13,14). The van der Waals surface area contributed by atoms with Crippen LogP contribution in [0.1, 0.15) is 24.3 Å². The van der Waals surface area contributed by atoms with Gasteiger partial charge in [-0.15, -0.1) is 0 Å². The van der Waals surface area contributed by atoms with Gasteiger partial charge in [0.05, 0.1) is 0 Å². The lowest BCUT2D eigenvalue weighted by atomic mass is 10.2. The number of aromatic nitrogens is 1. The fourth-order valence-electron chi connectivity index (χ4n) is 1.04. The summed E-state index contributed by atoms with van der Waals surface area (Å²) in [7, 11) is 0. The molecule has 0 aliphatic heterocycles. The van der Waals surface area contributed by atoms with Gasteiger partial charge in [-0.1, -0.05) is 6.07 Å². The van der Waals surface area contributed by atoms with Gasteiger partial charge in [0.15, 0.2) is 0 Å². The van der Waals surface area contributed by atoms with E-state index in [4.69, 9.17) is 0 Å². The van der Waals surface area contributed by atoms with E-state index in [-0.39, 0.29) is 16.2 Å². The van der Waals surface area contributed by atoms with Gasteiger partial charge in [0, 0.05) is 17.4 Å². The Hall–Kier alpha value is -1.23. The van der Waals surface area contributed by atoms with Gasteiger partial charge in [0.2, 0.25) is 5.56 Å². The van der Waals surface area contributed by atoms with Crippen molar-refractivity contribution in [2.75, 3.05) is 12.8 Å². The van der Waals surface area contributed by atoms with E-state index in [2.05, 4.69) is 10.3 Å². The van der Waals surface area contributed by atoms with Gasteiger partial charge in [-0.05, 0) is 26.2 Å². The monoisotopic (exact) mass is 240 g/mol. The van der Waals surface area contributed by atoms with Crippen LogP contribution in [0.2, 0.25) is 0 Å². The second-order valence-corrected chi connectivity index (χ2v) is 5.59. The number of carbonyl (C=O) groups excluding carboxylic acids is 1. The normalized spacial score (nSPS) is 11.2. The Kier molecular flexibility index (Phi) is 4.18. The zero-order valence-corrected chi connectivity index (χ0v) is 10.5. The molecule has 0 atom stereocenters. The first kappa shape index (κ1) is 12.8. The number of aromatic amines is 1. The molecule has 16 heavy (non-hydrogen) atoms. The number of pyridine rings is 1. The minimum Gasteiger partial charge on any atom is -0.349 e. The van der Waals surface area contributed by atoms with Crippen LogP contribution in [0.4, 0.5) is 0 Å². The molecule has 1 heterocycles. The Labute approximate surface area is 98.8 Å². The van der Waals surface area contributed by atoms with Crippen LogP contribution in [0, 0.1) is 0 Å². The molecule has 1 aromatic rings. The van der Waals surface area contributed by atoms with E-state index in [0.29, 0.717) is 12.2 Å². The molecule has 1 rings (SSSR count). The van der Waals surface area contributed by atoms with Gasteiger partial charge in [-0.2, -0.15) is 11.8 Å². The first-order chi connectivity index (χ1) is 7.44. The van der Waals surface area contributed by atoms with Crippen LogP contribution in [0.25, 0.3) is 0 Å². The Bertz CT molecular complexity index is 426. The molecule has 0 aliphatic carbocycles. The Balaban J connectivity index is 2.63. The van der Waals surface area contributed by atoms with Crippen LogP contribution in [0.15, 0.2) is 23.0 Å². The topological polar surface area (TPSA) is 62.0 Å². The van der Waals surface area contributed by atoms with Gasteiger partial charge >= 0.3 is 0 Å². The summed E-state index contributed by atoms with van der Waals surface area (Å²) in [6.07, 6.45) is 2.00. The number of H-pyrrole nitrogens is 1. The fraction of sp³-hybridized carbons (Fsp3) is 0.455. The first-order valence-electron chi connectivity index (χ1n) is 4.97. The number of hydrogen-bond donors (Lipinski definition) is 2. The smallest absolute Gasteiger partial charge is 0.267 e. The predicted molar refractivity (Wildman–Crippen MR) is 67.0 cm³/mol. The van der Waals surface area contributed by atoms with Crippen molar-refractivity contribution in [1.82, 2.24) is 10.3 Å². The van der Waals surface area contributed by atoms with Crippen LogP contribution >= 0.6 is 11.8 Å². The molecule has 4 nitrogen and oxygen atoms in total. The van der Waals surface area contributed by atoms with Crippen molar-refractivity contribution in [3.8, 4) is 0 Å². The SMILES string of the molecule is CSC(C)(C)CNC(=O)c1cccc(=O)[nH]1. The second-order valence-electron chi connectivity index (χ2n) is 4.08. The molecule has 1 aromatic heterocycles. The van der Waals surface area contributed by atoms with Crippen molar-refractivity contribution in [2.24, 2.45) is 0 Å². The predicted octanol–water partition coefficient (Wildman–Crippen LogP) is 1.25. The van der Waals surface area contributed by atoms with Gasteiger partial charge in [0.25, 0.3) is 5.91 Å². The quantitative estimate of drug-likeness (QED) is 0.832. The van der Waals surface area contributed by atoms with E-state index in [0.717, 1.165) is 0 Å². The molecule has 0 bridgehead atoms. The van der Waals surface area contributed by atoms with Crippen molar-refractivity contribution < 1.29 is 4.79 Å². The van der Waals surface area contributed by atoms with Gasteiger partial charge < -0.3 is 10.3 Å². The molecule has 2 N–H and O–H groups in total. The summed E-state index contributed by atoms with van der Waals surface area (Å²) >= 11 is 1.68. The van der Waals surface area contributed by atoms with E-state index in [1.54, 1.807) is 23.9 Å². The molecule has 0 radical (unpaired) electrons. The third-order valence-corrected chi connectivity index (χ3v) is 3.49. The highest BCUT2D eigenvalue weighted by atomic mass is 32.2. The lowest BCUT2D eigenvalue weighted by Gasteiger charge is -2.22. The summed E-state index contributed by atoms with van der Waals surface area (Å²) in [6.45, 7) is 4.65. The molecular weight excluding hydrogens is 224 g/mol. The third-order valence-electron chi connectivity index (χ3n) is 2.24. The fourth-order valence-corrected chi connectivity index (χ4v) is 1.26. The molecule has 0 unspecified atom stereocenters. The number of thioether (sulfide) groups is 1. The number of nitrogens with one attached hydrogen (secondary N) is 2. The molecule has 0 saturated carbocycles. The molecule has 0 aliphatic rings. The van der Waals surface area contributed by atoms with Crippen molar-refractivity contribution in [2.45, 2.75) is 18.6 Å². The molecule has 88 valence electrons. The van der Waals surface area contributed by atoms with E-state index in [1.807, 2.05) is 20.1 Å². The van der Waals surface area contributed by atoms with Crippen molar-refractivity contribution >= 4 is 17.7 Å². The zero-order valence-electron chi connectivity index (χ0n) is 9.66. The average Bonchev–Trinajstić information content (AvgIpc) is 2.26. The Morgan fingerprint density at radius 3 is 2.75 bits per heavy atom. The third kappa shape index (κ3) is 3.73. The molecule has 0 aromatic carbocycles. The van der Waals surface area contributed by atoms with Crippen LogP contribution in [0.3, 0.4) is 0 Å². The lowest BCUT2D eigenvalue weighted by molar-refractivity contribution is 0.0945. The zero-order chi connectivity index (χ0) is 12.2. The van der Waals surface area contributed by atoms with E-state index in [9.17, 15) is 9.59 Å². The van der Waals surface area contributed by atoms with E-state index >= 15 is 0 Å². The Morgan fingerprint density at radius 2 is 2.19 bits per heavy atom. The van der Waals surface area contributed by atoms with Crippen LogP contribution in [-0.2, 0) is 0 Å². The minimum atomic E-state index is -0.267. The number of carbonyl (C=O) groups is 1. The maximum absolute atomic E-state index is 11.7. The second kappa shape index (κ2) is 5.21. The van der Waals surface area contributed by atoms with Gasteiger partial charge in [0.1, 0.15) is 5.69 Å². The summed E-state index contributed by atoms with van der Waals surface area (Å²) in [4.78, 5) is 25.2. The van der Waals surface area contributed by atoms with Crippen LogP contribution in [0.5, 0.6) is 0 Å². The average molecular weight is 240 g/mol. The minimum absolute atomic E-state index is 0.00919. The summed E-state index contributed by atoms with van der Waals surface area (Å²) in [5, 5.41) is 2.79. The highest BCUT2D eigenvalue weighted by molar-refractivity contribution is 7.99. The highest BCUT2D eigenvalue weighted by Gasteiger charge is 2.17. The van der Waals surface area contributed by atoms with Gasteiger partial charge in [-0.25, -0.2) is 0 Å². The first-order valence-corrected chi connectivity index (χ1v) is 6.20. The molecular formula is C11H16N2O2S. The number of hydrogen-bond acceptors (Lipinski definition) is 3. The number of amides is 1. The van der Waals surface area contributed by atoms with Gasteiger partial charge in [-0.3, -0.25) is 9.59 Å². The van der Waals surface area contributed by atoms with Crippen molar-refractivity contribution in [3.05, 3.63) is 34.2 Å². The number of rotatable bonds is 4. The van der Waals surface area contributed by atoms with E-state index < -0.39 is 0 Å². The molecule has 0 fully saturated rings. The Morgan fingerprint density at radius 1 is 1.50 bits per heavy atom. The highest BCUT2D eigenvalue weighted by Crippen LogP contribution is 2.19. The summed E-state index contributed by atoms with van der Waals surface area (Å²) in [5.74, 6) is -0.250. The van der Waals surface area contributed by atoms with Crippen molar-refractivity contribution in [3.63, 3.8) is 0 Å². The largest absolute Gasteiger partial charge is 0.349 e. The van der Waals surface area contributed by atoms with Crippen molar-refractivity contribution in [1.29, 1.82) is 0 Å². The van der Waals surface area contributed by atoms with Crippen LogP contribution in [-0.4, -0.2) is 28.4 Å².